The van der Waals surface area contributed by atoms with Crippen molar-refractivity contribution in [2.45, 2.75) is 37.4 Å². The molecule has 0 bridgehead atoms. The predicted octanol–water partition coefficient (Wildman–Crippen LogP) is 2.56. The SMILES string of the molecule is NCCc1c(Cl)cccc1OC1CCOC2(CCOC2)C1. The van der Waals surface area contributed by atoms with E-state index in [0.29, 0.717) is 13.2 Å². The lowest BCUT2D eigenvalue weighted by molar-refractivity contribution is -0.112. The van der Waals surface area contributed by atoms with Crippen LogP contribution in [0.2, 0.25) is 5.02 Å². The van der Waals surface area contributed by atoms with Crippen LogP contribution in [0.25, 0.3) is 0 Å². The third kappa shape index (κ3) is 3.34. The highest BCUT2D eigenvalue weighted by atomic mass is 35.5. The fourth-order valence-corrected chi connectivity index (χ4v) is 3.42. The molecule has 0 amide bonds. The van der Waals surface area contributed by atoms with Gasteiger partial charge in [-0.15, -0.1) is 0 Å². The summed E-state index contributed by atoms with van der Waals surface area (Å²) in [6.45, 7) is 2.74. The first kappa shape index (κ1) is 15.1. The van der Waals surface area contributed by atoms with E-state index in [0.717, 1.165) is 55.2 Å². The maximum atomic E-state index is 6.27. The van der Waals surface area contributed by atoms with Gasteiger partial charge in [0.25, 0.3) is 0 Å². The molecular weight excluding hydrogens is 290 g/mol. The fourth-order valence-electron chi connectivity index (χ4n) is 3.16. The molecule has 1 spiro atoms. The zero-order valence-corrected chi connectivity index (χ0v) is 12.9. The van der Waals surface area contributed by atoms with Crippen LogP contribution >= 0.6 is 11.6 Å². The molecule has 1 aromatic rings. The van der Waals surface area contributed by atoms with Crippen LogP contribution in [0.15, 0.2) is 18.2 Å². The lowest BCUT2D eigenvalue weighted by Gasteiger charge is -2.37. The molecule has 116 valence electrons. The molecule has 2 fully saturated rings. The topological polar surface area (TPSA) is 53.7 Å². The summed E-state index contributed by atoms with van der Waals surface area (Å²) in [4.78, 5) is 0. The number of nitrogens with two attached hydrogens (primary N) is 1. The van der Waals surface area contributed by atoms with Crippen molar-refractivity contribution < 1.29 is 14.2 Å². The Morgan fingerprint density at radius 3 is 3.05 bits per heavy atom. The van der Waals surface area contributed by atoms with Crippen LogP contribution < -0.4 is 10.5 Å². The van der Waals surface area contributed by atoms with Crippen molar-refractivity contribution in [2.24, 2.45) is 5.73 Å². The van der Waals surface area contributed by atoms with Crippen LogP contribution in [0.4, 0.5) is 0 Å². The Morgan fingerprint density at radius 2 is 2.29 bits per heavy atom. The zero-order chi connectivity index (χ0) is 14.7. The smallest absolute Gasteiger partial charge is 0.124 e. The van der Waals surface area contributed by atoms with E-state index in [-0.39, 0.29) is 11.7 Å². The molecule has 4 nitrogen and oxygen atoms in total. The van der Waals surface area contributed by atoms with Crippen LogP contribution in [0.5, 0.6) is 5.75 Å². The lowest BCUT2D eigenvalue weighted by atomic mass is 9.91. The van der Waals surface area contributed by atoms with E-state index in [2.05, 4.69) is 0 Å². The second kappa shape index (κ2) is 6.53. The van der Waals surface area contributed by atoms with E-state index >= 15 is 0 Å². The number of benzene rings is 1. The number of hydrogen-bond donors (Lipinski definition) is 1. The van der Waals surface area contributed by atoms with Crippen LogP contribution in [0.3, 0.4) is 0 Å². The van der Waals surface area contributed by atoms with Gasteiger partial charge >= 0.3 is 0 Å². The summed E-state index contributed by atoms with van der Waals surface area (Å²) in [5, 5.41) is 0.726. The van der Waals surface area contributed by atoms with Crippen molar-refractivity contribution in [3.63, 3.8) is 0 Å². The van der Waals surface area contributed by atoms with E-state index in [4.69, 9.17) is 31.5 Å². The molecule has 0 radical (unpaired) electrons. The highest BCUT2D eigenvalue weighted by molar-refractivity contribution is 6.31. The highest BCUT2D eigenvalue weighted by Gasteiger charge is 2.41. The molecule has 2 heterocycles. The summed E-state index contributed by atoms with van der Waals surface area (Å²) < 4.78 is 17.7. The second-order valence-electron chi connectivity index (χ2n) is 5.82. The van der Waals surface area contributed by atoms with Crippen molar-refractivity contribution >= 4 is 11.6 Å². The number of rotatable bonds is 4. The minimum atomic E-state index is -0.143. The first-order valence-electron chi connectivity index (χ1n) is 7.58. The largest absolute Gasteiger partial charge is 0.490 e. The summed E-state index contributed by atoms with van der Waals surface area (Å²) in [6.07, 6.45) is 3.61. The van der Waals surface area contributed by atoms with Gasteiger partial charge in [0.1, 0.15) is 11.9 Å². The van der Waals surface area contributed by atoms with Crippen LogP contribution in [-0.4, -0.2) is 38.1 Å². The molecule has 2 atom stereocenters. The molecule has 2 N–H and O–H groups in total. The van der Waals surface area contributed by atoms with Gasteiger partial charge in [0.15, 0.2) is 0 Å². The molecule has 21 heavy (non-hydrogen) atoms. The molecule has 2 unspecified atom stereocenters. The van der Waals surface area contributed by atoms with Gasteiger partial charge in [-0.2, -0.15) is 0 Å². The third-order valence-corrected chi connectivity index (χ3v) is 4.63. The third-order valence-electron chi connectivity index (χ3n) is 4.28. The fraction of sp³-hybridized carbons (Fsp3) is 0.625. The molecule has 0 saturated carbocycles. The van der Waals surface area contributed by atoms with Crippen molar-refractivity contribution in [1.29, 1.82) is 0 Å². The Labute approximate surface area is 130 Å². The van der Waals surface area contributed by atoms with Gasteiger partial charge in [-0.05, 0) is 25.1 Å². The Kier molecular flexibility index (Phi) is 4.69. The molecule has 2 aliphatic rings. The van der Waals surface area contributed by atoms with E-state index in [9.17, 15) is 0 Å². The van der Waals surface area contributed by atoms with E-state index in [1.807, 2.05) is 18.2 Å². The molecule has 2 aliphatic heterocycles. The van der Waals surface area contributed by atoms with Gasteiger partial charge in [-0.25, -0.2) is 0 Å². The summed E-state index contributed by atoms with van der Waals surface area (Å²) in [5.74, 6) is 0.855. The van der Waals surface area contributed by atoms with Crippen LogP contribution in [-0.2, 0) is 15.9 Å². The first-order chi connectivity index (χ1) is 10.2. The highest BCUT2D eigenvalue weighted by Crippen LogP contribution is 2.36. The van der Waals surface area contributed by atoms with Crippen molar-refractivity contribution in [1.82, 2.24) is 0 Å². The monoisotopic (exact) mass is 311 g/mol. The summed E-state index contributed by atoms with van der Waals surface area (Å²) in [5.41, 5.74) is 6.54. The Hall–Kier alpha value is -0.810. The van der Waals surface area contributed by atoms with Gasteiger partial charge in [0.2, 0.25) is 0 Å². The van der Waals surface area contributed by atoms with Crippen molar-refractivity contribution in [2.75, 3.05) is 26.4 Å². The maximum absolute atomic E-state index is 6.27. The summed E-state index contributed by atoms with van der Waals surface area (Å²) >= 11 is 6.27. The van der Waals surface area contributed by atoms with E-state index in [1.165, 1.54) is 0 Å². The molecule has 0 aromatic heterocycles. The first-order valence-corrected chi connectivity index (χ1v) is 7.96. The molecule has 3 rings (SSSR count). The Balaban J connectivity index is 1.72. The molecule has 1 aromatic carbocycles. The lowest BCUT2D eigenvalue weighted by Crippen LogP contribution is -2.44. The zero-order valence-electron chi connectivity index (χ0n) is 12.1. The quantitative estimate of drug-likeness (QED) is 0.928. The van der Waals surface area contributed by atoms with Crippen LogP contribution in [0.1, 0.15) is 24.8 Å². The molecule has 0 aliphatic carbocycles. The number of halogens is 1. The minimum Gasteiger partial charge on any atom is -0.490 e. The van der Waals surface area contributed by atoms with E-state index in [1.54, 1.807) is 0 Å². The average molecular weight is 312 g/mol. The van der Waals surface area contributed by atoms with Crippen LogP contribution in [0, 0.1) is 0 Å². The van der Waals surface area contributed by atoms with Gasteiger partial charge in [-0.1, -0.05) is 17.7 Å². The average Bonchev–Trinajstić information content (AvgIpc) is 2.91. The normalized spacial score (nSPS) is 29.0. The van der Waals surface area contributed by atoms with Gasteiger partial charge < -0.3 is 19.9 Å². The second-order valence-corrected chi connectivity index (χ2v) is 6.23. The standard InChI is InChI=1S/C16H22ClNO3/c17-14-2-1-3-15(13(14)4-7-18)21-12-5-8-20-16(10-12)6-9-19-11-16/h1-3,12H,4-11,18H2. The molecule has 2 saturated heterocycles. The van der Waals surface area contributed by atoms with Crippen molar-refractivity contribution in [3.8, 4) is 5.75 Å². The minimum absolute atomic E-state index is 0.143. The van der Waals surface area contributed by atoms with Gasteiger partial charge in [-0.3, -0.25) is 0 Å². The Morgan fingerprint density at radius 1 is 1.38 bits per heavy atom. The molecular formula is C16H22ClNO3. The van der Waals surface area contributed by atoms with Gasteiger partial charge in [0, 0.05) is 36.5 Å². The summed E-state index contributed by atoms with van der Waals surface area (Å²) in [7, 11) is 0. The number of hydrogen-bond acceptors (Lipinski definition) is 4. The number of ether oxygens (including phenoxy) is 3. The summed E-state index contributed by atoms with van der Waals surface area (Å²) in [6, 6.07) is 5.78. The molecule has 5 heteroatoms. The van der Waals surface area contributed by atoms with Gasteiger partial charge in [0.05, 0.1) is 18.8 Å². The van der Waals surface area contributed by atoms with E-state index < -0.39 is 0 Å². The predicted molar refractivity (Wildman–Crippen MR) is 82.0 cm³/mol. The maximum Gasteiger partial charge on any atom is 0.124 e. The van der Waals surface area contributed by atoms with Crippen molar-refractivity contribution in [3.05, 3.63) is 28.8 Å². The Bertz CT molecular complexity index is 488.